The number of allylic oxidation sites excluding steroid dienone is 1. The van der Waals surface area contributed by atoms with E-state index in [-0.39, 0.29) is 12.2 Å². The quantitative estimate of drug-likeness (QED) is 0.516. The lowest BCUT2D eigenvalue weighted by molar-refractivity contribution is -0.139. The van der Waals surface area contributed by atoms with E-state index < -0.39 is 12.1 Å². The predicted octanol–water partition coefficient (Wildman–Crippen LogP) is 5.55. The molecule has 0 aliphatic heterocycles. The van der Waals surface area contributed by atoms with Crippen molar-refractivity contribution in [2.45, 2.75) is 44.1 Å². The van der Waals surface area contributed by atoms with Crippen LogP contribution >= 0.6 is 0 Å². The number of aliphatic carboxylic acids is 1. The second kappa shape index (κ2) is 8.76. The van der Waals surface area contributed by atoms with Crippen molar-refractivity contribution in [2.24, 2.45) is 0 Å². The van der Waals surface area contributed by atoms with Crippen LogP contribution in [0.25, 0.3) is 28.1 Å². The maximum absolute atomic E-state index is 13.6. The molecular formula is C25H24FNO3. The molecular weight excluding hydrogens is 381 g/mol. The molecule has 1 heterocycles. The molecule has 0 bridgehead atoms. The van der Waals surface area contributed by atoms with E-state index in [9.17, 15) is 14.3 Å². The highest BCUT2D eigenvalue weighted by molar-refractivity contribution is 5.99. The third-order valence-corrected chi connectivity index (χ3v) is 5.42. The number of hydrogen-bond acceptors (Lipinski definition) is 3. The summed E-state index contributed by atoms with van der Waals surface area (Å²) in [7, 11) is 0. The molecule has 0 spiro atoms. The number of para-hydroxylation sites is 1. The summed E-state index contributed by atoms with van der Waals surface area (Å²) in [5.41, 5.74) is 4.96. The number of carboxylic acids is 1. The lowest BCUT2D eigenvalue weighted by Gasteiger charge is -2.15. The molecule has 0 amide bonds. The van der Waals surface area contributed by atoms with Crippen LogP contribution in [0.5, 0.6) is 0 Å². The van der Waals surface area contributed by atoms with E-state index in [1.165, 1.54) is 12.1 Å². The number of aliphatic hydroxyl groups excluding tert-OH is 1. The van der Waals surface area contributed by atoms with E-state index in [1.807, 2.05) is 36.4 Å². The normalized spacial score (nSPS) is 15.0. The smallest absolute Gasteiger partial charge is 0.305 e. The topological polar surface area (TPSA) is 70.4 Å². The molecule has 154 valence electrons. The molecule has 5 heteroatoms. The van der Waals surface area contributed by atoms with Gasteiger partial charge >= 0.3 is 5.97 Å². The van der Waals surface area contributed by atoms with Gasteiger partial charge in [-0.1, -0.05) is 42.5 Å². The highest BCUT2D eigenvalue weighted by Crippen LogP contribution is 2.45. The fraction of sp³-hybridized carbons (Fsp3) is 0.280. The van der Waals surface area contributed by atoms with Crippen LogP contribution < -0.4 is 0 Å². The number of aliphatic hydroxyl groups is 1. The van der Waals surface area contributed by atoms with E-state index in [4.69, 9.17) is 10.1 Å². The highest BCUT2D eigenvalue weighted by atomic mass is 19.1. The van der Waals surface area contributed by atoms with Gasteiger partial charge < -0.3 is 10.2 Å². The maximum atomic E-state index is 13.6. The molecule has 30 heavy (non-hydrogen) atoms. The molecule has 1 aromatic heterocycles. The summed E-state index contributed by atoms with van der Waals surface area (Å²) >= 11 is 0. The highest BCUT2D eigenvalue weighted by Gasteiger charge is 2.29. The minimum absolute atomic E-state index is 0.250. The number of hydrogen-bond donors (Lipinski definition) is 2. The van der Waals surface area contributed by atoms with Crippen molar-refractivity contribution >= 4 is 22.9 Å². The fourth-order valence-corrected chi connectivity index (χ4v) is 3.80. The van der Waals surface area contributed by atoms with Crippen molar-refractivity contribution in [2.75, 3.05) is 0 Å². The van der Waals surface area contributed by atoms with Gasteiger partial charge in [0.15, 0.2) is 0 Å². The van der Waals surface area contributed by atoms with Gasteiger partial charge in [-0.25, -0.2) is 4.39 Å². The number of fused-ring (bicyclic) bond motifs is 1. The van der Waals surface area contributed by atoms with Crippen molar-refractivity contribution < 1.29 is 19.4 Å². The van der Waals surface area contributed by atoms with Crippen LogP contribution in [0.4, 0.5) is 4.39 Å². The summed E-state index contributed by atoms with van der Waals surface area (Å²) in [5.74, 6) is -0.852. The fourth-order valence-electron chi connectivity index (χ4n) is 3.80. The zero-order valence-electron chi connectivity index (χ0n) is 16.6. The van der Waals surface area contributed by atoms with Crippen LogP contribution in [-0.4, -0.2) is 27.3 Å². The van der Waals surface area contributed by atoms with Crippen LogP contribution in [-0.2, 0) is 4.79 Å². The molecule has 4 rings (SSSR count). The number of carbonyl (C=O) groups is 1. The molecule has 0 saturated heterocycles. The summed E-state index contributed by atoms with van der Waals surface area (Å²) in [5, 5.41) is 19.6. The van der Waals surface area contributed by atoms with Crippen LogP contribution in [0.2, 0.25) is 0 Å². The monoisotopic (exact) mass is 405 g/mol. The zero-order valence-corrected chi connectivity index (χ0v) is 16.6. The van der Waals surface area contributed by atoms with Crippen molar-refractivity contribution in [3.8, 4) is 11.1 Å². The predicted molar refractivity (Wildman–Crippen MR) is 116 cm³/mol. The number of pyridine rings is 1. The van der Waals surface area contributed by atoms with Crippen molar-refractivity contribution in [3.63, 3.8) is 0 Å². The molecule has 1 atom stereocenters. The molecule has 1 saturated carbocycles. The van der Waals surface area contributed by atoms with E-state index in [0.717, 1.165) is 46.1 Å². The Morgan fingerprint density at radius 1 is 1.17 bits per heavy atom. The SMILES string of the molecule is O=C(O)CC(O)CC/C=C/c1c(C2CC2)nc2ccccc2c1-c1ccc(F)cc1. The molecule has 0 radical (unpaired) electrons. The average Bonchev–Trinajstić information content (AvgIpc) is 3.56. The van der Waals surface area contributed by atoms with Gasteiger partial charge in [-0.15, -0.1) is 0 Å². The third kappa shape index (κ3) is 4.57. The lowest BCUT2D eigenvalue weighted by Crippen LogP contribution is -2.12. The van der Waals surface area contributed by atoms with Crippen molar-refractivity contribution in [1.29, 1.82) is 0 Å². The van der Waals surface area contributed by atoms with Crippen LogP contribution in [0, 0.1) is 5.82 Å². The summed E-state index contributed by atoms with van der Waals surface area (Å²) in [6, 6.07) is 14.5. The average molecular weight is 405 g/mol. The zero-order chi connectivity index (χ0) is 21.1. The molecule has 2 aromatic carbocycles. The largest absolute Gasteiger partial charge is 0.481 e. The third-order valence-electron chi connectivity index (χ3n) is 5.42. The molecule has 2 N–H and O–H groups in total. The first-order valence-corrected chi connectivity index (χ1v) is 10.3. The number of benzene rings is 2. The van der Waals surface area contributed by atoms with Crippen LogP contribution in [0.3, 0.4) is 0 Å². The molecule has 3 aromatic rings. The van der Waals surface area contributed by atoms with Crippen LogP contribution in [0.1, 0.15) is 49.3 Å². The number of rotatable bonds is 8. The van der Waals surface area contributed by atoms with Gasteiger partial charge in [-0.2, -0.15) is 0 Å². The lowest BCUT2D eigenvalue weighted by atomic mass is 9.92. The number of aromatic nitrogens is 1. The van der Waals surface area contributed by atoms with Gasteiger partial charge in [0.2, 0.25) is 0 Å². The Labute approximate surface area is 174 Å². The van der Waals surface area contributed by atoms with Gasteiger partial charge in [0, 0.05) is 22.4 Å². The van der Waals surface area contributed by atoms with Gasteiger partial charge in [-0.05, 0) is 49.4 Å². The van der Waals surface area contributed by atoms with E-state index in [0.29, 0.717) is 18.8 Å². The standard InChI is InChI=1S/C25H24FNO3/c26-18-13-11-16(12-14-18)24-20-6-3-4-8-22(20)27-25(17-9-10-17)21(24)7-2-1-5-19(28)15-23(29)30/h2-4,6-8,11-14,17,19,28H,1,5,9-10,15H2,(H,29,30)/b7-2+. The molecule has 1 aliphatic carbocycles. The van der Waals surface area contributed by atoms with Gasteiger partial charge in [0.25, 0.3) is 0 Å². The van der Waals surface area contributed by atoms with Crippen LogP contribution in [0.15, 0.2) is 54.6 Å². The Morgan fingerprint density at radius 3 is 2.60 bits per heavy atom. The Morgan fingerprint density at radius 2 is 1.90 bits per heavy atom. The minimum Gasteiger partial charge on any atom is -0.481 e. The number of nitrogens with zero attached hydrogens (tertiary/aromatic N) is 1. The second-order valence-corrected chi connectivity index (χ2v) is 7.82. The Kier molecular flexibility index (Phi) is 5.91. The Bertz CT molecular complexity index is 1090. The van der Waals surface area contributed by atoms with E-state index in [2.05, 4.69) is 0 Å². The molecule has 1 unspecified atom stereocenters. The van der Waals surface area contributed by atoms with E-state index >= 15 is 0 Å². The van der Waals surface area contributed by atoms with Gasteiger partial charge in [0.1, 0.15) is 5.82 Å². The number of carboxylic acid groups (broad SMARTS) is 1. The molecule has 1 aliphatic rings. The van der Waals surface area contributed by atoms with Gasteiger partial charge in [0.05, 0.1) is 23.7 Å². The summed E-state index contributed by atoms with van der Waals surface area (Å²) < 4.78 is 13.6. The Hall–Kier alpha value is -3.05. The minimum atomic E-state index is -1.00. The maximum Gasteiger partial charge on any atom is 0.305 e. The summed E-state index contributed by atoms with van der Waals surface area (Å²) in [6.07, 6.45) is 6.04. The first kappa shape index (κ1) is 20.2. The first-order chi connectivity index (χ1) is 14.5. The summed E-state index contributed by atoms with van der Waals surface area (Å²) in [6.45, 7) is 0. The van der Waals surface area contributed by atoms with Gasteiger partial charge in [-0.3, -0.25) is 9.78 Å². The van der Waals surface area contributed by atoms with Crippen molar-refractivity contribution in [1.82, 2.24) is 4.98 Å². The molecule has 1 fully saturated rings. The second-order valence-electron chi connectivity index (χ2n) is 7.82. The number of halogens is 1. The summed E-state index contributed by atoms with van der Waals surface area (Å²) in [4.78, 5) is 15.7. The first-order valence-electron chi connectivity index (χ1n) is 10.3. The van der Waals surface area contributed by atoms with Crippen molar-refractivity contribution in [3.05, 3.63) is 71.7 Å². The molecule has 4 nitrogen and oxygen atoms in total. The van der Waals surface area contributed by atoms with E-state index in [1.54, 1.807) is 12.1 Å². The Balaban J connectivity index is 1.75.